The highest BCUT2D eigenvalue weighted by atomic mass is 32.1. The molecule has 0 unspecified atom stereocenters. The molecule has 0 radical (unpaired) electrons. The van der Waals surface area contributed by atoms with Gasteiger partial charge in [0.05, 0.1) is 0 Å². The Balaban J connectivity index is 1.08. The predicted octanol–water partition coefficient (Wildman–Crippen LogP) is 14.1. The Morgan fingerprint density at radius 3 is 1.48 bits per heavy atom. The van der Waals surface area contributed by atoms with Crippen molar-refractivity contribution in [1.82, 2.24) is 15.0 Å². The Morgan fingerprint density at radius 1 is 0.321 bits per heavy atom. The Hall–Kier alpha value is -7.21. The third kappa shape index (κ3) is 5.40. The van der Waals surface area contributed by atoms with Crippen molar-refractivity contribution in [2.45, 2.75) is 0 Å². The Bertz CT molecular complexity index is 3250. The summed E-state index contributed by atoms with van der Waals surface area (Å²) >= 11 is 1.78. The lowest BCUT2D eigenvalue weighted by Gasteiger charge is -2.14. The number of aromatic nitrogens is 3. The maximum Gasteiger partial charge on any atom is 0.165 e. The minimum atomic E-state index is 0.623. The van der Waals surface area contributed by atoms with Crippen molar-refractivity contribution in [2.24, 2.45) is 0 Å². The molecule has 0 spiro atoms. The average molecular weight is 734 g/mol. The fourth-order valence-electron chi connectivity index (χ4n) is 7.94. The van der Waals surface area contributed by atoms with Crippen LogP contribution in [0.1, 0.15) is 0 Å². The lowest BCUT2D eigenvalue weighted by Crippen LogP contribution is -2.02. The van der Waals surface area contributed by atoms with Gasteiger partial charge in [-0.1, -0.05) is 170 Å². The van der Waals surface area contributed by atoms with E-state index in [0.29, 0.717) is 17.5 Å². The van der Waals surface area contributed by atoms with Gasteiger partial charge in [0, 0.05) is 53.2 Å². The lowest BCUT2D eigenvalue weighted by molar-refractivity contribution is 0.670. The van der Waals surface area contributed by atoms with E-state index in [1.54, 1.807) is 11.3 Å². The third-order valence-electron chi connectivity index (χ3n) is 10.6. The molecule has 3 heterocycles. The quantitative estimate of drug-likeness (QED) is 0.171. The summed E-state index contributed by atoms with van der Waals surface area (Å²) in [5, 5.41) is 4.69. The van der Waals surface area contributed by atoms with Gasteiger partial charge in [-0.2, -0.15) is 0 Å². The number of furan rings is 1. The number of rotatable bonds is 6. The van der Waals surface area contributed by atoms with E-state index in [1.165, 1.54) is 15.5 Å². The summed E-state index contributed by atoms with van der Waals surface area (Å²) in [5.41, 5.74) is 11.1. The van der Waals surface area contributed by atoms with E-state index in [4.69, 9.17) is 19.4 Å². The van der Waals surface area contributed by atoms with Crippen molar-refractivity contribution in [3.05, 3.63) is 188 Å². The average Bonchev–Trinajstić information content (AvgIpc) is 3.85. The Kier molecular flexibility index (Phi) is 7.64. The van der Waals surface area contributed by atoms with E-state index in [2.05, 4.69) is 170 Å². The highest BCUT2D eigenvalue weighted by Crippen LogP contribution is 2.42. The second-order valence-corrected chi connectivity index (χ2v) is 15.0. The number of hydrogen-bond acceptors (Lipinski definition) is 5. The molecule has 5 heteroatoms. The van der Waals surface area contributed by atoms with Gasteiger partial charge < -0.3 is 4.42 Å². The summed E-state index contributed by atoms with van der Waals surface area (Å²) < 4.78 is 8.79. The fraction of sp³-hybridized carbons (Fsp3) is 0. The first-order valence-electron chi connectivity index (χ1n) is 18.7. The molecule has 4 nitrogen and oxygen atoms in total. The number of para-hydroxylation sites is 2. The number of thiophene rings is 1. The van der Waals surface area contributed by atoms with Crippen molar-refractivity contribution in [1.29, 1.82) is 0 Å². The van der Waals surface area contributed by atoms with Crippen molar-refractivity contribution in [3.63, 3.8) is 0 Å². The monoisotopic (exact) mass is 733 g/mol. The molecule has 8 aromatic carbocycles. The van der Waals surface area contributed by atoms with E-state index in [-0.39, 0.29) is 0 Å². The lowest BCUT2D eigenvalue weighted by atomic mass is 9.95. The van der Waals surface area contributed by atoms with Gasteiger partial charge in [-0.15, -0.1) is 11.3 Å². The van der Waals surface area contributed by atoms with Crippen LogP contribution in [-0.2, 0) is 0 Å². The number of hydrogen-bond donors (Lipinski definition) is 0. The van der Waals surface area contributed by atoms with Crippen LogP contribution in [0.25, 0.3) is 110 Å². The molecule has 0 bridgehead atoms. The standard InChI is InChI=1S/C51H31N3OS/c1-2-14-32(15-3-1)35-16-4-6-20-42(35)49-52-50(54-51(53-49)44-25-13-24-41-39-19-9-11-27-46(39)56-48(41)44)43-21-7-5-17-36(43)33-28-30-34(31-29-33)37-22-12-23-40-38-18-8-10-26-45(38)55-47(37)40/h1-31H. The minimum absolute atomic E-state index is 0.623. The molecular weight excluding hydrogens is 703 g/mol. The van der Waals surface area contributed by atoms with Crippen LogP contribution in [0.4, 0.5) is 0 Å². The van der Waals surface area contributed by atoms with Gasteiger partial charge >= 0.3 is 0 Å². The summed E-state index contributed by atoms with van der Waals surface area (Å²) in [6, 6.07) is 65.5. The largest absolute Gasteiger partial charge is 0.455 e. The second kappa shape index (κ2) is 13.3. The first-order chi connectivity index (χ1) is 27.8. The molecule has 56 heavy (non-hydrogen) atoms. The van der Waals surface area contributed by atoms with Crippen LogP contribution in [0.5, 0.6) is 0 Å². The van der Waals surface area contributed by atoms with Gasteiger partial charge in [-0.25, -0.2) is 15.0 Å². The summed E-state index contributed by atoms with van der Waals surface area (Å²) in [5.74, 6) is 1.90. The summed E-state index contributed by atoms with van der Waals surface area (Å²) in [6.07, 6.45) is 0. The molecule has 0 N–H and O–H groups in total. The van der Waals surface area contributed by atoms with E-state index in [0.717, 1.165) is 76.7 Å². The molecule has 0 aliphatic carbocycles. The van der Waals surface area contributed by atoms with Gasteiger partial charge in [-0.3, -0.25) is 0 Å². The van der Waals surface area contributed by atoms with Crippen LogP contribution in [-0.4, -0.2) is 15.0 Å². The van der Waals surface area contributed by atoms with Gasteiger partial charge in [0.2, 0.25) is 0 Å². The molecule has 11 rings (SSSR count). The molecule has 0 fully saturated rings. The molecule has 3 aromatic heterocycles. The predicted molar refractivity (Wildman–Crippen MR) is 233 cm³/mol. The highest BCUT2D eigenvalue weighted by molar-refractivity contribution is 7.26. The molecule has 0 saturated carbocycles. The topological polar surface area (TPSA) is 51.8 Å². The Labute approximate surface area is 327 Å². The summed E-state index contributed by atoms with van der Waals surface area (Å²) in [6.45, 7) is 0. The molecule has 0 saturated heterocycles. The van der Waals surface area contributed by atoms with E-state index in [9.17, 15) is 0 Å². The highest BCUT2D eigenvalue weighted by Gasteiger charge is 2.20. The molecule has 0 aliphatic heterocycles. The van der Waals surface area contributed by atoms with E-state index >= 15 is 0 Å². The van der Waals surface area contributed by atoms with Gasteiger partial charge in [-0.05, 0) is 46.0 Å². The van der Waals surface area contributed by atoms with Gasteiger partial charge in [0.1, 0.15) is 11.2 Å². The smallest absolute Gasteiger partial charge is 0.165 e. The zero-order valence-electron chi connectivity index (χ0n) is 30.1. The van der Waals surface area contributed by atoms with E-state index in [1.807, 2.05) is 18.2 Å². The summed E-state index contributed by atoms with van der Waals surface area (Å²) in [4.78, 5) is 15.9. The van der Waals surface area contributed by atoms with E-state index < -0.39 is 0 Å². The zero-order valence-corrected chi connectivity index (χ0v) is 30.9. The van der Waals surface area contributed by atoms with Crippen molar-refractivity contribution in [3.8, 4) is 67.5 Å². The maximum atomic E-state index is 6.38. The second-order valence-electron chi connectivity index (χ2n) is 13.9. The SMILES string of the molecule is c1ccc(-c2ccccc2-c2nc(-c3ccccc3-c3ccc(-c4cccc5c4oc4ccccc45)cc3)nc(-c3cccc4c3sc3ccccc34)n2)cc1. The molecule has 0 aliphatic rings. The number of benzene rings is 8. The first-order valence-corrected chi connectivity index (χ1v) is 19.5. The van der Waals surface area contributed by atoms with Crippen LogP contribution in [0.15, 0.2) is 192 Å². The van der Waals surface area contributed by atoms with Crippen LogP contribution < -0.4 is 0 Å². The number of nitrogens with zero attached hydrogens (tertiary/aromatic N) is 3. The minimum Gasteiger partial charge on any atom is -0.455 e. The van der Waals surface area contributed by atoms with Crippen LogP contribution in [0, 0.1) is 0 Å². The van der Waals surface area contributed by atoms with Crippen molar-refractivity contribution < 1.29 is 4.42 Å². The third-order valence-corrected chi connectivity index (χ3v) is 11.8. The van der Waals surface area contributed by atoms with Crippen LogP contribution in [0.2, 0.25) is 0 Å². The molecule has 0 amide bonds. The Morgan fingerprint density at radius 2 is 0.786 bits per heavy atom. The molecule has 0 atom stereocenters. The number of fused-ring (bicyclic) bond motifs is 6. The molecule has 262 valence electrons. The molecular formula is C51H31N3OS. The fourth-order valence-corrected chi connectivity index (χ4v) is 9.15. The summed E-state index contributed by atoms with van der Waals surface area (Å²) in [7, 11) is 0. The normalized spacial score (nSPS) is 11.6. The van der Waals surface area contributed by atoms with Gasteiger partial charge in [0.15, 0.2) is 17.5 Å². The van der Waals surface area contributed by atoms with Gasteiger partial charge in [0.25, 0.3) is 0 Å². The van der Waals surface area contributed by atoms with Crippen molar-refractivity contribution >= 4 is 53.4 Å². The maximum absolute atomic E-state index is 6.38. The van der Waals surface area contributed by atoms with Crippen LogP contribution in [0.3, 0.4) is 0 Å². The van der Waals surface area contributed by atoms with Crippen molar-refractivity contribution in [2.75, 3.05) is 0 Å². The molecule has 11 aromatic rings. The van der Waals surface area contributed by atoms with Crippen LogP contribution >= 0.6 is 11.3 Å². The first kappa shape index (κ1) is 32.2. The zero-order chi connectivity index (χ0) is 37.0.